The Morgan fingerprint density at radius 3 is 2.30 bits per heavy atom. The Kier molecular flexibility index (Phi) is 8.32. The van der Waals surface area contributed by atoms with Crippen LogP contribution < -0.4 is 14.8 Å². The Labute approximate surface area is 141 Å². The number of benzene rings is 1. The third kappa shape index (κ3) is 6.02. The summed E-state index contributed by atoms with van der Waals surface area (Å²) in [5.41, 5.74) is 0.628. The summed E-state index contributed by atoms with van der Waals surface area (Å²) in [6.07, 6.45) is 0. The summed E-state index contributed by atoms with van der Waals surface area (Å²) in [6.45, 7) is 5.26. The standard InChI is InChI=1S/C16H24N2O4S/c1-5-18(6-2)16(20)11-23-10-15(19)17-12-7-8-13(21-3)14(9-12)22-4/h7-9H,5-6,10-11H2,1-4H3,(H,17,19). The van der Waals surface area contributed by atoms with Crippen molar-refractivity contribution in [3.8, 4) is 11.5 Å². The smallest absolute Gasteiger partial charge is 0.234 e. The number of thioether (sulfide) groups is 1. The molecule has 0 saturated carbocycles. The Bertz CT molecular complexity index is 533. The maximum absolute atomic E-state index is 11.9. The van der Waals surface area contributed by atoms with Crippen LogP contribution in [0, 0.1) is 0 Å². The van der Waals surface area contributed by atoms with Gasteiger partial charge in [-0.1, -0.05) is 0 Å². The topological polar surface area (TPSA) is 67.9 Å². The van der Waals surface area contributed by atoms with E-state index in [2.05, 4.69) is 5.32 Å². The molecule has 0 aromatic heterocycles. The summed E-state index contributed by atoms with van der Waals surface area (Å²) in [7, 11) is 3.10. The molecular formula is C16H24N2O4S. The molecule has 2 amide bonds. The van der Waals surface area contributed by atoms with Crippen molar-refractivity contribution in [2.75, 3.05) is 44.1 Å². The Morgan fingerprint density at radius 1 is 1.09 bits per heavy atom. The third-order valence-corrected chi connectivity index (χ3v) is 4.16. The highest BCUT2D eigenvalue weighted by molar-refractivity contribution is 8.00. The van der Waals surface area contributed by atoms with Crippen LogP contribution in [-0.4, -0.2) is 55.5 Å². The van der Waals surface area contributed by atoms with Crippen molar-refractivity contribution in [3.05, 3.63) is 18.2 Å². The van der Waals surface area contributed by atoms with Crippen molar-refractivity contribution in [1.29, 1.82) is 0 Å². The molecule has 128 valence electrons. The van der Waals surface area contributed by atoms with Crippen LogP contribution in [0.1, 0.15) is 13.8 Å². The maximum Gasteiger partial charge on any atom is 0.234 e. The van der Waals surface area contributed by atoms with E-state index < -0.39 is 0 Å². The number of nitrogens with one attached hydrogen (secondary N) is 1. The van der Waals surface area contributed by atoms with Crippen LogP contribution in [0.4, 0.5) is 5.69 Å². The quantitative estimate of drug-likeness (QED) is 0.747. The summed E-state index contributed by atoms with van der Waals surface area (Å²) in [5.74, 6) is 1.58. The molecule has 0 atom stereocenters. The molecule has 0 aliphatic heterocycles. The first kappa shape index (κ1) is 19.2. The first-order valence-electron chi connectivity index (χ1n) is 7.43. The third-order valence-electron chi connectivity index (χ3n) is 3.24. The summed E-state index contributed by atoms with van der Waals surface area (Å²) < 4.78 is 10.3. The van der Waals surface area contributed by atoms with Crippen LogP contribution in [0.15, 0.2) is 18.2 Å². The number of nitrogens with zero attached hydrogens (tertiary/aromatic N) is 1. The van der Waals surface area contributed by atoms with Crippen molar-refractivity contribution < 1.29 is 19.1 Å². The van der Waals surface area contributed by atoms with E-state index in [1.54, 1.807) is 30.2 Å². The number of amides is 2. The SMILES string of the molecule is CCN(CC)C(=O)CSCC(=O)Nc1ccc(OC)c(OC)c1. The molecule has 0 unspecified atom stereocenters. The van der Waals surface area contributed by atoms with E-state index in [4.69, 9.17) is 9.47 Å². The highest BCUT2D eigenvalue weighted by atomic mass is 32.2. The van der Waals surface area contributed by atoms with E-state index in [0.717, 1.165) is 0 Å². The van der Waals surface area contributed by atoms with E-state index in [1.165, 1.54) is 18.9 Å². The lowest BCUT2D eigenvalue weighted by atomic mass is 10.2. The van der Waals surface area contributed by atoms with E-state index >= 15 is 0 Å². The zero-order chi connectivity index (χ0) is 17.2. The van der Waals surface area contributed by atoms with Crippen molar-refractivity contribution in [3.63, 3.8) is 0 Å². The first-order chi connectivity index (χ1) is 11.0. The number of carbonyl (C=O) groups excluding carboxylic acids is 2. The number of rotatable bonds is 9. The molecule has 23 heavy (non-hydrogen) atoms. The van der Waals surface area contributed by atoms with Crippen LogP contribution in [0.2, 0.25) is 0 Å². The summed E-state index contributed by atoms with van der Waals surface area (Å²) in [4.78, 5) is 25.5. The van der Waals surface area contributed by atoms with Gasteiger partial charge in [-0.2, -0.15) is 0 Å². The minimum atomic E-state index is -0.158. The molecule has 0 aliphatic carbocycles. The minimum Gasteiger partial charge on any atom is -0.493 e. The fourth-order valence-corrected chi connectivity index (χ4v) is 2.73. The average molecular weight is 340 g/mol. The van der Waals surface area contributed by atoms with E-state index in [0.29, 0.717) is 36.0 Å². The van der Waals surface area contributed by atoms with Gasteiger partial charge in [-0.25, -0.2) is 0 Å². The van der Waals surface area contributed by atoms with Crippen molar-refractivity contribution >= 4 is 29.3 Å². The zero-order valence-electron chi connectivity index (χ0n) is 14.0. The molecule has 0 saturated heterocycles. The molecule has 1 rings (SSSR count). The molecule has 1 aromatic rings. The van der Waals surface area contributed by atoms with Crippen molar-refractivity contribution in [2.45, 2.75) is 13.8 Å². The Balaban J connectivity index is 2.47. The summed E-state index contributed by atoms with van der Waals surface area (Å²) in [5, 5.41) is 2.78. The van der Waals surface area contributed by atoms with Crippen LogP contribution in [0.5, 0.6) is 11.5 Å². The monoisotopic (exact) mass is 340 g/mol. The molecular weight excluding hydrogens is 316 g/mol. The molecule has 1 N–H and O–H groups in total. The van der Waals surface area contributed by atoms with Crippen LogP contribution in [-0.2, 0) is 9.59 Å². The number of methoxy groups -OCH3 is 2. The van der Waals surface area contributed by atoms with E-state index in [-0.39, 0.29) is 17.6 Å². The minimum absolute atomic E-state index is 0.0546. The van der Waals surface area contributed by atoms with Gasteiger partial charge in [-0.05, 0) is 26.0 Å². The predicted molar refractivity (Wildman–Crippen MR) is 93.4 cm³/mol. The summed E-state index contributed by atoms with van der Waals surface area (Å²) in [6, 6.07) is 5.17. The first-order valence-corrected chi connectivity index (χ1v) is 8.58. The second-order valence-electron chi connectivity index (χ2n) is 4.68. The van der Waals surface area contributed by atoms with Gasteiger partial charge in [0.05, 0.1) is 25.7 Å². The molecule has 0 bridgehead atoms. The number of ether oxygens (including phenoxy) is 2. The van der Waals surface area contributed by atoms with E-state index in [9.17, 15) is 9.59 Å². The van der Waals surface area contributed by atoms with Gasteiger partial charge in [-0.3, -0.25) is 9.59 Å². The number of carbonyl (C=O) groups is 2. The van der Waals surface area contributed by atoms with Crippen molar-refractivity contribution in [2.24, 2.45) is 0 Å². The van der Waals surface area contributed by atoms with Gasteiger partial charge < -0.3 is 19.7 Å². The highest BCUT2D eigenvalue weighted by Gasteiger charge is 2.11. The second-order valence-corrected chi connectivity index (χ2v) is 5.66. The number of hydrogen-bond acceptors (Lipinski definition) is 5. The number of hydrogen-bond donors (Lipinski definition) is 1. The second kappa shape index (κ2) is 9.99. The van der Waals surface area contributed by atoms with Gasteiger partial charge in [0.25, 0.3) is 0 Å². The lowest BCUT2D eigenvalue weighted by molar-refractivity contribution is -0.127. The zero-order valence-corrected chi connectivity index (χ0v) is 14.9. The average Bonchev–Trinajstić information content (AvgIpc) is 2.55. The van der Waals surface area contributed by atoms with Gasteiger partial charge in [-0.15, -0.1) is 11.8 Å². The Hall–Kier alpha value is -1.89. The van der Waals surface area contributed by atoms with Crippen LogP contribution in [0.25, 0.3) is 0 Å². The number of anilines is 1. The highest BCUT2D eigenvalue weighted by Crippen LogP contribution is 2.29. The van der Waals surface area contributed by atoms with Crippen LogP contribution >= 0.6 is 11.8 Å². The van der Waals surface area contributed by atoms with Gasteiger partial charge in [0.15, 0.2) is 11.5 Å². The molecule has 1 aromatic carbocycles. The Morgan fingerprint density at radius 2 is 1.74 bits per heavy atom. The largest absolute Gasteiger partial charge is 0.493 e. The van der Waals surface area contributed by atoms with Gasteiger partial charge >= 0.3 is 0 Å². The molecule has 6 nitrogen and oxygen atoms in total. The van der Waals surface area contributed by atoms with Crippen molar-refractivity contribution in [1.82, 2.24) is 4.90 Å². The van der Waals surface area contributed by atoms with E-state index in [1.807, 2.05) is 13.8 Å². The van der Waals surface area contributed by atoms with Crippen LogP contribution in [0.3, 0.4) is 0 Å². The maximum atomic E-state index is 11.9. The molecule has 0 spiro atoms. The van der Waals surface area contributed by atoms with Gasteiger partial charge in [0, 0.05) is 24.8 Å². The van der Waals surface area contributed by atoms with Gasteiger partial charge in [0.2, 0.25) is 11.8 Å². The molecule has 0 aliphatic rings. The molecule has 7 heteroatoms. The predicted octanol–water partition coefficient (Wildman–Crippen LogP) is 2.24. The summed E-state index contributed by atoms with van der Waals surface area (Å²) >= 11 is 1.31. The molecule has 0 heterocycles. The fourth-order valence-electron chi connectivity index (χ4n) is 2.01. The normalized spacial score (nSPS) is 10.1. The molecule has 0 fully saturated rings. The molecule has 0 radical (unpaired) electrons. The lowest BCUT2D eigenvalue weighted by Gasteiger charge is -2.18. The lowest BCUT2D eigenvalue weighted by Crippen LogP contribution is -2.32. The fraction of sp³-hybridized carbons (Fsp3) is 0.500. The van der Waals surface area contributed by atoms with Gasteiger partial charge in [0.1, 0.15) is 0 Å².